The highest BCUT2D eigenvalue weighted by atomic mass is 16.7. The highest BCUT2D eigenvalue weighted by molar-refractivity contribution is 5.76. The van der Waals surface area contributed by atoms with Crippen molar-refractivity contribution in [1.29, 1.82) is 0 Å². The van der Waals surface area contributed by atoms with Crippen LogP contribution in [-0.4, -0.2) is 140 Å². The van der Waals surface area contributed by atoms with E-state index < -0.39 is 86.8 Å². The van der Waals surface area contributed by atoms with Crippen LogP contribution >= 0.6 is 0 Å². The Morgan fingerprint density at radius 1 is 0.462 bits per heavy atom. The van der Waals surface area contributed by atoms with Gasteiger partial charge in [0, 0.05) is 6.42 Å². The summed E-state index contributed by atoms with van der Waals surface area (Å²) in [5.74, 6) is -0.216. The van der Waals surface area contributed by atoms with E-state index in [1.165, 1.54) is 161 Å². The molecule has 2 heterocycles. The van der Waals surface area contributed by atoms with Crippen molar-refractivity contribution in [2.45, 2.75) is 344 Å². The van der Waals surface area contributed by atoms with Crippen molar-refractivity contribution in [3.8, 4) is 0 Å². The van der Waals surface area contributed by atoms with Crippen LogP contribution in [0.4, 0.5) is 0 Å². The molecule has 1 amide bonds. The van der Waals surface area contributed by atoms with Gasteiger partial charge >= 0.3 is 0 Å². The van der Waals surface area contributed by atoms with Gasteiger partial charge in [-0.15, -0.1) is 0 Å². The SMILES string of the molecule is CCCCCCC/C=C\C/C=C\C/C=C\CCCCCCCCC(=O)NC(COC1OC(CO)C(OC2OC(CO)C(O)C(O)C2O)C(O)C1O)C(O)CCCCCCCCCCCCCCCCCCCCCCCCC. The van der Waals surface area contributed by atoms with Gasteiger partial charge in [-0.25, -0.2) is 0 Å². The highest BCUT2D eigenvalue weighted by Crippen LogP contribution is 2.30. The van der Waals surface area contributed by atoms with Crippen LogP contribution in [0.25, 0.3) is 0 Å². The Morgan fingerprint density at radius 3 is 1.29 bits per heavy atom. The molecule has 0 aromatic rings. The van der Waals surface area contributed by atoms with E-state index in [1.54, 1.807) is 0 Å². The first kappa shape index (κ1) is 72.3. The number of aliphatic hydroxyl groups is 8. The van der Waals surface area contributed by atoms with Gasteiger partial charge in [-0.3, -0.25) is 4.79 Å². The number of unbranched alkanes of at least 4 members (excludes halogenated alkanes) is 33. The number of allylic oxidation sites excluding steroid dienone is 6. The van der Waals surface area contributed by atoms with Gasteiger partial charge in [-0.05, 0) is 51.4 Å². The second-order valence-corrected chi connectivity index (χ2v) is 22.9. The van der Waals surface area contributed by atoms with E-state index in [1.807, 2.05) is 0 Å². The Kier molecular flexibility index (Phi) is 46.2. The first-order valence-electron chi connectivity index (χ1n) is 32.2. The molecular weight excluding hydrogens is 991 g/mol. The van der Waals surface area contributed by atoms with E-state index in [0.717, 1.165) is 77.0 Å². The molecule has 12 atom stereocenters. The second-order valence-electron chi connectivity index (χ2n) is 22.9. The summed E-state index contributed by atoms with van der Waals surface area (Å²) in [6.45, 7) is 2.87. The van der Waals surface area contributed by atoms with Gasteiger partial charge in [-0.2, -0.15) is 0 Å². The maximum Gasteiger partial charge on any atom is 0.220 e. The van der Waals surface area contributed by atoms with Crippen LogP contribution in [0.5, 0.6) is 0 Å². The van der Waals surface area contributed by atoms with E-state index in [9.17, 15) is 45.6 Å². The summed E-state index contributed by atoms with van der Waals surface area (Å²) in [5, 5.41) is 87.4. The Hall–Kier alpha value is -1.79. The number of hydrogen-bond acceptors (Lipinski definition) is 13. The molecule has 14 heteroatoms. The van der Waals surface area contributed by atoms with E-state index >= 15 is 0 Å². The fourth-order valence-corrected chi connectivity index (χ4v) is 10.7. The molecule has 12 unspecified atom stereocenters. The molecule has 2 saturated heterocycles. The van der Waals surface area contributed by atoms with Gasteiger partial charge in [0.25, 0.3) is 0 Å². The van der Waals surface area contributed by atoms with Crippen molar-refractivity contribution in [2.75, 3.05) is 19.8 Å². The lowest BCUT2D eigenvalue weighted by molar-refractivity contribution is -0.359. The van der Waals surface area contributed by atoms with Crippen LogP contribution < -0.4 is 5.32 Å². The van der Waals surface area contributed by atoms with Gasteiger partial charge in [0.1, 0.15) is 48.8 Å². The molecule has 0 aromatic carbocycles. The van der Waals surface area contributed by atoms with Gasteiger partial charge in [0.15, 0.2) is 12.6 Å². The molecule has 0 saturated carbocycles. The number of ether oxygens (including phenoxy) is 4. The zero-order valence-electron chi connectivity index (χ0n) is 49.4. The zero-order chi connectivity index (χ0) is 56.7. The molecule has 458 valence electrons. The second kappa shape index (κ2) is 49.8. The van der Waals surface area contributed by atoms with Crippen molar-refractivity contribution in [3.63, 3.8) is 0 Å². The topological polar surface area (TPSA) is 228 Å². The van der Waals surface area contributed by atoms with Gasteiger partial charge in [-0.1, -0.05) is 249 Å². The summed E-state index contributed by atoms with van der Waals surface area (Å²) in [7, 11) is 0. The Balaban J connectivity index is 1.73. The summed E-state index contributed by atoms with van der Waals surface area (Å²) in [6, 6.07) is -0.837. The first-order valence-corrected chi connectivity index (χ1v) is 32.2. The number of rotatable bonds is 52. The maximum absolute atomic E-state index is 13.3. The Bertz CT molecular complexity index is 1450. The number of hydrogen-bond donors (Lipinski definition) is 9. The average molecular weight is 1110 g/mol. The number of carbonyl (C=O) groups excluding carboxylic acids is 1. The summed E-state index contributed by atoms with van der Waals surface area (Å²) >= 11 is 0. The van der Waals surface area contributed by atoms with Crippen LogP contribution in [0, 0.1) is 0 Å². The van der Waals surface area contributed by atoms with Gasteiger partial charge in [0.2, 0.25) is 5.91 Å². The lowest BCUT2D eigenvalue weighted by Crippen LogP contribution is -2.65. The molecule has 0 spiro atoms. The third-order valence-corrected chi connectivity index (χ3v) is 15.9. The van der Waals surface area contributed by atoms with Crippen molar-refractivity contribution < 1.29 is 64.6 Å². The van der Waals surface area contributed by atoms with E-state index in [-0.39, 0.29) is 12.5 Å². The molecule has 9 N–H and O–H groups in total. The van der Waals surface area contributed by atoms with E-state index in [2.05, 4.69) is 55.6 Å². The van der Waals surface area contributed by atoms with E-state index in [4.69, 9.17) is 18.9 Å². The maximum atomic E-state index is 13.3. The number of aliphatic hydroxyl groups excluding tert-OH is 8. The van der Waals surface area contributed by atoms with Gasteiger partial charge in [0.05, 0.1) is 32.0 Å². The van der Waals surface area contributed by atoms with Crippen LogP contribution in [0.1, 0.15) is 271 Å². The third kappa shape index (κ3) is 34.6. The van der Waals surface area contributed by atoms with E-state index in [0.29, 0.717) is 19.3 Å². The Morgan fingerprint density at radius 2 is 0.846 bits per heavy atom. The lowest BCUT2D eigenvalue weighted by atomic mass is 9.97. The van der Waals surface area contributed by atoms with Crippen molar-refractivity contribution in [3.05, 3.63) is 36.5 Å². The monoisotopic (exact) mass is 1110 g/mol. The molecule has 2 aliphatic rings. The normalized spacial score (nSPS) is 24.7. The molecule has 0 aromatic heterocycles. The molecule has 0 aliphatic carbocycles. The molecule has 78 heavy (non-hydrogen) atoms. The smallest absolute Gasteiger partial charge is 0.220 e. The summed E-state index contributed by atoms with van der Waals surface area (Å²) in [4.78, 5) is 13.3. The minimum Gasteiger partial charge on any atom is -0.394 e. The molecule has 2 rings (SSSR count). The quantitative estimate of drug-likeness (QED) is 0.0204. The molecule has 2 aliphatic heterocycles. The average Bonchev–Trinajstić information content (AvgIpc) is 3.48. The first-order chi connectivity index (χ1) is 38.1. The zero-order valence-corrected chi connectivity index (χ0v) is 49.4. The van der Waals surface area contributed by atoms with Crippen LogP contribution in [0.2, 0.25) is 0 Å². The molecule has 0 radical (unpaired) electrons. The predicted octanol–water partition coefficient (Wildman–Crippen LogP) is 11.8. The molecule has 14 nitrogen and oxygen atoms in total. The fourth-order valence-electron chi connectivity index (χ4n) is 10.7. The molecule has 2 fully saturated rings. The summed E-state index contributed by atoms with van der Waals surface area (Å²) in [6.07, 6.45) is 44.2. The number of amides is 1. The lowest BCUT2D eigenvalue weighted by Gasteiger charge is -2.46. The van der Waals surface area contributed by atoms with Crippen LogP contribution in [-0.2, 0) is 23.7 Å². The minimum absolute atomic E-state index is 0.216. The van der Waals surface area contributed by atoms with Crippen molar-refractivity contribution in [2.24, 2.45) is 0 Å². The fraction of sp³-hybridized carbons (Fsp3) is 0.891. The Labute approximate surface area is 474 Å². The van der Waals surface area contributed by atoms with Crippen LogP contribution in [0.15, 0.2) is 36.5 Å². The molecule has 0 bridgehead atoms. The largest absolute Gasteiger partial charge is 0.394 e. The summed E-state index contributed by atoms with van der Waals surface area (Å²) < 4.78 is 22.9. The minimum atomic E-state index is -1.78. The van der Waals surface area contributed by atoms with Crippen molar-refractivity contribution in [1.82, 2.24) is 5.32 Å². The number of carbonyl (C=O) groups is 1. The summed E-state index contributed by atoms with van der Waals surface area (Å²) in [5.41, 5.74) is 0. The standard InChI is InChI=1S/C64H119NO13/c1-3-5-7-9-11-13-15-17-19-21-23-25-26-28-29-31-33-35-37-39-41-43-45-47-53(68)52(51-75-63-61(74)59(72)62(55(50-67)77-63)78-64-60(73)58(71)57(70)54(49-66)76-64)65-56(69)48-46-44-42-40-38-36-34-32-30-27-24-22-20-18-16-14-12-10-8-6-4-2/h16,18,22,24,30,32,52-55,57-64,66-68,70-74H,3-15,17,19-21,23,25-29,31,33-51H2,1-2H3,(H,65,69)/b18-16-,24-22-,32-30-. The third-order valence-electron chi connectivity index (χ3n) is 15.9. The predicted molar refractivity (Wildman–Crippen MR) is 314 cm³/mol. The highest BCUT2D eigenvalue weighted by Gasteiger charge is 2.51. The van der Waals surface area contributed by atoms with Gasteiger partial charge < -0.3 is 65.1 Å². The van der Waals surface area contributed by atoms with Crippen LogP contribution in [0.3, 0.4) is 0 Å². The number of nitrogens with one attached hydrogen (secondary N) is 1. The molecular formula is C64H119NO13. The van der Waals surface area contributed by atoms with Crippen molar-refractivity contribution >= 4 is 5.91 Å².